The van der Waals surface area contributed by atoms with Crippen molar-refractivity contribution in [2.24, 2.45) is 5.92 Å². The second kappa shape index (κ2) is 7.26. The van der Waals surface area contributed by atoms with Crippen LogP contribution in [-0.4, -0.2) is 28.4 Å². The summed E-state index contributed by atoms with van der Waals surface area (Å²) in [5.41, 5.74) is 2.02. The van der Waals surface area contributed by atoms with Crippen LogP contribution in [0.4, 0.5) is 0 Å². The van der Waals surface area contributed by atoms with Crippen molar-refractivity contribution in [1.29, 1.82) is 0 Å². The van der Waals surface area contributed by atoms with Gasteiger partial charge < -0.3 is 9.73 Å². The second-order valence-corrected chi connectivity index (χ2v) is 6.16. The van der Waals surface area contributed by atoms with Crippen LogP contribution in [0.2, 0.25) is 0 Å². The van der Waals surface area contributed by atoms with Crippen LogP contribution in [0.15, 0.2) is 33.9 Å². The zero-order valence-electron chi connectivity index (χ0n) is 12.4. The van der Waals surface area contributed by atoms with Gasteiger partial charge in [0.15, 0.2) is 0 Å². The second-order valence-electron chi connectivity index (χ2n) is 5.23. The third-order valence-electron chi connectivity index (χ3n) is 2.71. The molecular formula is C15H19N3O2S. The van der Waals surface area contributed by atoms with Gasteiger partial charge in [-0.25, -0.2) is 0 Å². The summed E-state index contributed by atoms with van der Waals surface area (Å²) in [5, 5.41) is 11.2. The number of aromatic nitrogens is 2. The SMILES string of the molecule is Cc1cccc(-c2nnc(SCC(=O)NCC(C)C)o2)c1. The van der Waals surface area contributed by atoms with Gasteiger partial charge in [0.2, 0.25) is 11.8 Å². The molecule has 0 atom stereocenters. The quantitative estimate of drug-likeness (QED) is 0.831. The zero-order valence-corrected chi connectivity index (χ0v) is 13.2. The molecular weight excluding hydrogens is 286 g/mol. The molecule has 5 nitrogen and oxygen atoms in total. The molecule has 1 aromatic carbocycles. The molecule has 0 spiro atoms. The largest absolute Gasteiger partial charge is 0.411 e. The van der Waals surface area contributed by atoms with Crippen LogP contribution in [0.25, 0.3) is 11.5 Å². The standard InChI is InChI=1S/C15H19N3O2S/c1-10(2)8-16-13(19)9-21-15-18-17-14(20-15)12-6-4-5-11(3)7-12/h4-7,10H,8-9H2,1-3H3,(H,16,19). The first kappa shape index (κ1) is 15.6. The molecule has 0 saturated carbocycles. The van der Waals surface area contributed by atoms with Gasteiger partial charge in [-0.05, 0) is 25.0 Å². The number of thioether (sulfide) groups is 1. The minimum atomic E-state index is -0.0241. The van der Waals surface area contributed by atoms with E-state index in [2.05, 4.69) is 29.4 Å². The first-order valence-electron chi connectivity index (χ1n) is 6.84. The Hall–Kier alpha value is -1.82. The van der Waals surface area contributed by atoms with E-state index in [4.69, 9.17) is 4.42 Å². The maximum atomic E-state index is 11.6. The molecule has 1 heterocycles. The molecule has 0 fully saturated rings. The average molecular weight is 305 g/mol. The Kier molecular flexibility index (Phi) is 5.38. The molecule has 2 rings (SSSR count). The minimum absolute atomic E-state index is 0.0241. The lowest BCUT2D eigenvalue weighted by atomic mass is 10.1. The number of nitrogens with zero attached hydrogens (tertiary/aromatic N) is 2. The van der Waals surface area contributed by atoms with Crippen LogP contribution >= 0.6 is 11.8 Å². The maximum Gasteiger partial charge on any atom is 0.277 e. The van der Waals surface area contributed by atoms with E-state index in [0.29, 0.717) is 23.6 Å². The molecule has 0 saturated heterocycles. The van der Waals surface area contributed by atoms with Crippen molar-refractivity contribution in [3.8, 4) is 11.5 Å². The Morgan fingerprint density at radius 3 is 2.90 bits per heavy atom. The fourth-order valence-corrected chi connectivity index (χ4v) is 2.25. The van der Waals surface area contributed by atoms with Gasteiger partial charge in [-0.3, -0.25) is 4.79 Å². The van der Waals surface area contributed by atoms with Crippen LogP contribution < -0.4 is 5.32 Å². The Bertz CT molecular complexity index is 610. The van der Waals surface area contributed by atoms with Gasteiger partial charge in [0.25, 0.3) is 5.22 Å². The van der Waals surface area contributed by atoms with Crippen molar-refractivity contribution in [2.75, 3.05) is 12.3 Å². The van der Waals surface area contributed by atoms with E-state index in [0.717, 1.165) is 11.1 Å². The van der Waals surface area contributed by atoms with Crippen LogP contribution in [-0.2, 0) is 4.79 Å². The van der Waals surface area contributed by atoms with Crippen molar-refractivity contribution >= 4 is 17.7 Å². The molecule has 0 radical (unpaired) electrons. The fourth-order valence-electron chi connectivity index (χ4n) is 1.66. The predicted molar refractivity (Wildman–Crippen MR) is 83.0 cm³/mol. The molecule has 0 aliphatic carbocycles. The topological polar surface area (TPSA) is 68.0 Å². The molecule has 1 aromatic heterocycles. The highest BCUT2D eigenvalue weighted by Crippen LogP contribution is 2.23. The van der Waals surface area contributed by atoms with Gasteiger partial charge in [0.05, 0.1) is 5.75 Å². The highest BCUT2D eigenvalue weighted by atomic mass is 32.2. The summed E-state index contributed by atoms with van der Waals surface area (Å²) in [6, 6.07) is 7.86. The number of aryl methyl sites for hydroxylation is 1. The molecule has 6 heteroatoms. The predicted octanol–water partition coefficient (Wildman–Crippen LogP) is 2.91. The van der Waals surface area contributed by atoms with E-state index >= 15 is 0 Å². The van der Waals surface area contributed by atoms with Gasteiger partial charge in [-0.2, -0.15) is 0 Å². The first-order valence-corrected chi connectivity index (χ1v) is 7.83. The molecule has 0 aliphatic heterocycles. The summed E-state index contributed by atoms with van der Waals surface area (Å²) >= 11 is 1.25. The first-order chi connectivity index (χ1) is 10.0. The molecule has 1 N–H and O–H groups in total. The van der Waals surface area contributed by atoms with E-state index in [9.17, 15) is 4.79 Å². The van der Waals surface area contributed by atoms with Crippen molar-refractivity contribution in [3.05, 3.63) is 29.8 Å². The highest BCUT2D eigenvalue weighted by Gasteiger charge is 2.11. The molecule has 21 heavy (non-hydrogen) atoms. The lowest BCUT2D eigenvalue weighted by molar-refractivity contribution is -0.118. The third kappa shape index (κ3) is 4.90. The molecule has 112 valence electrons. The van der Waals surface area contributed by atoms with Gasteiger partial charge >= 0.3 is 0 Å². The summed E-state index contributed by atoms with van der Waals surface area (Å²) in [6.07, 6.45) is 0. The number of carbonyl (C=O) groups is 1. The summed E-state index contributed by atoms with van der Waals surface area (Å²) in [7, 11) is 0. The molecule has 0 unspecified atom stereocenters. The van der Waals surface area contributed by atoms with Crippen LogP contribution in [0, 0.1) is 12.8 Å². The smallest absolute Gasteiger partial charge is 0.277 e. The van der Waals surface area contributed by atoms with E-state index in [1.807, 2.05) is 31.2 Å². The van der Waals surface area contributed by atoms with E-state index in [-0.39, 0.29) is 11.7 Å². The Morgan fingerprint density at radius 1 is 1.38 bits per heavy atom. The van der Waals surface area contributed by atoms with Crippen LogP contribution in [0.3, 0.4) is 0 Å². The summed E-state index contributed by atoms with van der Waals surface area (Å²) < 4.78 is 5.56. The molecule has 0 bridgehead atoms. The Balaban J connectivity index is 1.90. The zero-order chi connectivity index (χ0) is 15.2. The van der Waals surface area contributed by atoms with Crippen molar-refractivity contribution in [2.45, 2.75) is 26.0 Å². The number of carbonyl (C=O) groups excluding carboxylic acids is 1. The van der Waals surface area contributed by atoms with Crippen LogP contribution in [0.5, 0.6) is 0 Å². The van der Waals surface area contributed by atoms with Crippen molar-refractivity contribution in [3.63, 3.8) is 0 Å². The molecule has 1 amide bonds. The summed E-state index contributed by atoms with van der Waals surface area (Å²) in [5.74, 6) is 1.17. The lowest BCUT2D eigenvalue weighted by Gasteiger charge is -2.05. The maximum absolute atomic E-state index is 11.6. The minimum Gasteiger partial charge on any atom is -0.411 e. The molecule has 0 aliphatic rings. The Labute approximate surface area is 128 Å². The summed E-state index contributed by atoms with van der Waals surface area (Å²) in [4.78, 5) is 11.6. The van der Waals surface area contributed by atoms with Gasteiger partial charge in [-0.15, -0.1) is 10.2 Å². The highest BCUT2D eigenvalue weighted by molar-refractivity contribution is 7.99. The number of benzene rings is 1. The number of hydrogen-bond donors (Lipinski definition) is 1. The van der Waals surface area contributed by atoms with Crippen molar-refractivity contribution in [1.82, 2.24) is 15.5 Å². The Morgan fingerprint density at radius 2 is 2.19 bits per heavy atom. The third-order valence-corrected chi connectivity index (χ3v) is 3.52. The monoisotopic (exact) mass is 305 g/mol. The van der Waals surface area contributed by atoms with Gasteiger partial charge in [0, 0.05) is 12.1 Å². The fraction of sp³-hybridized carbons (Fsp3) is 0.400. The van der Waals surface area contributed by atoms with E-state index < -0.39 is 0 Å². The van der Waals surface area contributed by atoms with Gasteiger partial charge in [0.1, 0.15) is 0 Å². The normalized spacial score (nSPS) is 10.9. The lowest BCUT2D eigenvalue weighted by Crippen LogP contribution is -2.28. The number of amides is 1. The van der Waals surface area contributed by atoms with Crippen LogP contribution in [0.1, 0.15) is 19.4 Å². The molecule has 2 aromatic rings. The average Bonchev–Trinajstić information content (AvgIpc) is 2.92. The van der Waals surface area contributed by atoms with Crippen molar-refractivity contribution < 1.29 is 9.21 Å². The number of rotatable bonds is 6. The van der Waals surface area contributed by atoms with E-state index in [1.54, 1.807) is 0 Å². The van der Waals surface area contributed by atoms with E-state index in [1.165, 1.54) is 11.8 Å². The van der Waals surface area contributed by atoms with Gasteiger partial charge in [-0.1, -0.05) is 43.3 Å². The summed E-state index contributed by atoms with van der Waals surface area (Å²) in [6.45, 7) is 6.80. The number of hydrogen-bond acceptors (Lipinski definition) is 5. The number of nitrogens with one attached hydrogen (secondary N) is 1.